The van der Waals surface area contributed by atoms with E-state index in [2.05, 4.69) is 0 Å². The Balaban J connectivity index is 1.48. The number of benzene rings is 1. The fourth-order valence-electron chi connectivity index (χ4n) is 4.29. The van der Waals surface area contributed by atoms with Gasteiger partial charge in [-0.25, -0.2) is 0 Å². The maximum atomic E-state index is 12.6. The van der Waals surface area contributed by atoms with Gasteiger partial charge in [-0.15, -0.1) is 0 Å². The van der Waals surface area contributed by atoms with E-state index in [0.29, 0.717) is 36.1 Å². The number of amides is 3. The fourth-order valence-corrected chi connectivity index (χ4v) is 4.29. The molecule has 3 aliphatic rings. The summed E-state index contributed by atoms with van der Waals surface area (Å²) in [5.41, 5.74) is 7.81. The Labute approximate surface area is 140 Å². The number of hydrogen-bond acceptors (Lipinski definition) is 4. The summed E-state index contributed by atoms with van der Waals surface area (Å²) in [6, 6.07) is 5.34. The molecular weight excluding hydrogens is 306 g/mol. The van der Waals surface area contributed by atoms with Crippen LogP contribution in [0.4, 0.5) is 0 Å². The lowest BCUT2D eigenvalue weighted by Gasteiger charge is -2.21. The van der Waals surface area contributed by atoms with Crippen molar-refractivity contribution in [3.63, 3.8) is 0 Å². The largest absolute Gasteiger partial charge is 0.341 e. The summed E-state index contributed by atoms with van der Waals surface area (Å²) in [6.45, 7) is 3.03. The monoisotopic (exact) mass is 327 g/mol. The number of nitrogens with zero attached hydrogens (tertiary/aromatic N) is 2. The van der Waals surface area contributed by atoms with Crippen LogP contribution in [0.2, 0.25) is 0 Å². The second-order valence-electron chi connectivity index (χ2n) is 7.21. The molecule has 24 heavy (non-hydrogen) atoms. The number of likely N-dealkylation sites (tertiary alicyclic amines) is 1. The molecule has 2 fully saturated rings. The molecule has 1 aromatic rings. The Bertz CT molecular complexity index is 745. The highest BCUT2D eigenvalue weighted by atomic mass is 16.2. The zero-order chi connectivity index (χ0) is 17.0. The van der Waals surface area contributed by atoms with Gasteiger partial charge >= 0.3 is 0 Å². The van der Waals surface area contributed by atoms with Crippen LogP contribution in [0.1, 0.15) is 39.1 Å². The molecule has 6 nitrogen and oxygen atoms in total. The molecule has 3 amide bonds. The molecule has 2 N–H and O–H groups in total. The zero-order valence-electron chi connectivity index (χ0n) is 13.7. The summed E-state index contributed by atoms with van der Waals surface area (Å²) in [6.07, 6.45) is 2.08. The summed E-state index contributed by atoms with van der Waals surface area (Å²) in [4.78, 5) is 40.3. The first-order chi connectivity index (χ1) is 11.5. The van der Waals surface area contributed by atoms with Gasteiger partial charge in [0.25, 0.3) is 11.8 Å². The number of carbonyl (C=O) groups is 3. The molecule has 1 saturated heterocycles. The molecule has 3 atom stereocenters. The lowest BCUT2D eigenvalue weighted by atomic mass is 9.98. The van der Waals surface area contributed by atoms with E-state index in [1.165, 1.54) is 0 Å². The van der Waals surface area contributed by atoms with Gasteiger partial charge in [-0.1, -0.05) is 11.6 Å². The molecule has 0 bridgehead atoms. The zero-order valence-corrected chi connectivity index (χ0v) is 13.7. The van der Waals surface area contributed by atoms with Crippen LogP contribution in [0.25, 0.3) is 0 Å². The molecule has 3 unspecified atom stereocenters. The van der Waals surface area contributed by atoms with Crippen LogP contribution in [0.3, 0.4) is 0 Å². The summed E-state index contributed by atoms with van der Waals surface area (Å²) in [5, 5.41) is 0. The molecular formula is C18H21N3O3. The molecule has 0 aromatic heterocycles. The van der Waals surface area contributed by atoms with Gasteiger partial charge in [-0.3, -0.25) is 19.3 Å². The van der Waals surface area contributed by atoms with Crippen LogP contribution in [0.15, 0.2) is 18.2 Å². The van der Waals surface area contributed by atoms with E-state index in [0.717, 1.165) is 23.3 Å². The van der Waals surface area contributed by atoms with Crippen molar-refractivity contribution < 1.29 is 14.4 Å². The molecule has 126 valence electrons. The number of carbonyl (C=O) groups excluding carboxylic acids is 3. The molecule has 2 heterocycles. The number of nitrogens with two attached hydrogens (primary N) is 1. The van der Waals surface area contributed by atoms with Crippen molar-refractivity contribution in [2.75, 3.05) is 19.6 Å². The van der Waals surface area contributed by atoms with Crippen LogP contribution < -0.4 is 5.73 Å². The number of imide groups is 1. The van der Waals surface area contributed by atoms with Gasteiger partial charge in [-0.05, 0) is 43.7 Å². The Hall–Kier alpha value is -2.21. The second kappa shape index (κ2) is 5.41. The van der Waals surface area contributed by atoms with Crippen molar-refractivity contribution >= 4 is 17.7 Å². The van der Waals surface area contributed by atoms with E-state index in [-0.39, 0.29) is 30.3 Å². The Morgan fingerprint density at radius 2 is 1.92 bits per heavy atom. The van der Waals surface area contributed by atoms with Gasteiger partial charge in [-0.2, -0.15) is 0 Å². The fraction of sp³-hybridized carbons (Fsp3) is 0.500. The van der Waals surface area contributed by atoms with Crippen molar-refractivity contribution in [2.24, 2.45) is 17.6 Å². The first-order valence-electron chi connectivity index (χ1n) is 8.46. The summed E-state index contributed by atoms with van der Waals surface area (Å²) in [5.74, 6) is -0.0852. The van der Waals surface area contributed by atoms with E-state index >= 15 is 0 Å². The molecule has 0 radical (unpaired) electrons. The molecule has 0 spiro atoms. The van der Waals surface area contributed by atoms with Gasteiger partial charge in [0.1, 0.15) is 6.54 Å². The van der Waals surface area contributed by atoms with Crippen LogP contribution in [-0.2, 0) is 4.79 Å². The van der Waals surface area contributed by atoms with Crippen LogP contribution in [0.5, 0.6) is 0 Å². The highest BCUT2D eigenvalue weighted by Gasteiger charge is 2.44. The van der Waals surface area contributed by atoms with Crippen molar-refractivity contribution in [3.05, 3.63) is 34.9 Å². The number of rotatable bonds is 2. The van der Waals surface area contributed by atoms with Crippen LogP contribution in [-0.4, -0.2) is 53.2 Å². The topological polar surface area (TPSA) is 83.7 Å². The number of hydrogen-bond donors (Lipinski definition) is 1. The van der Waals surface area contributed by atoms with Gasteiger partial charge in [0.15, 0.2) is 0 Å². The second-order valence-corrected chi connectivity index (χ2v) is 7.21. The third kappa shape index (κ3) is 2.24. The van der Waals surface area contributed by atoms with Crippen LogP contribution in [0, 0.1) is 18.8 Å². The van der Waals surface area contributed by atoms with Gasteiger partial charge in [0.05, 0.1) is 11.1 Å². The molecule has 2 aliphatic heterocycles. The van der Waals surface area contributed by atoms with Crippen molar-refractivity contribution in [2.45, 2.75) is 25.8 Å². The van der Waals surface area contributed by atoms with E-state index in [4.69, 9.17) is 5.73 Å². The standard InChI is InChI=1S/C18H21N3O3/c1-10-2-4-12-13(6-10)18(24)21(17(12)23)9-16(22)20-7-11-3-5-15(19)14(11)8-20/h2,4,6,11,14-15H,3,5,7-9,19H2,1H3. The van der Waals surface area contributed by atoms with Crippen molar-refractivity contribution in [1.82, 2.24) is 9.80 Å². The summed E-state index contributed by atoms with van der Waals surface area (Å²) < 4.78 is 0. The number of aryl methyl sites for hydroxylation is 1. The van der Waals surface area contributed by atoms with Crippen molar-refractivity contribution in [3.8, 4) is 0 Å². The maximum Gasteiger partial charge on any atom is 0.262 e. The van der Waals surface area contributed by atoms with E-state index in [9.17, 15) is 14.4 Å². The van der Waals surface area contributed by atoms with E-state index < -0.39 is 0 Å². The Morgan fingerprint density at radius 3 is 2.67 bits per heavy atom. The third-order valence-corrected chi connectivity index (χ3v) is 5.68. The maximum absolute atomic E-state index is 12.6. The molecule has 1 aliphatic carbocycles. The predicted octanol–water partition coefficient (Wildman–Crippen LogP) is 0.787. The minimum Gasteiger partial charge on any atom is -0.341 e. The van der Waals surface area contributed by atoms with Gasteiger partial charge in [0.2, 0.25) is 5.91 Å². The van der Waals surface area contributed by atoms with Gasteiger partial charge < -0.3 is 10.6 Å². The highest BCUT2D eigenvalue weighted by molar-refractivity contribution is 6.22. The minimum atomic E-state index is -0.376. The Kier molecular flexibility index (Phi) is 3.46. The molecule has 4 rings (SSSR count). The van der Waals surface area contributed by atoms with E-state index in [1.54, 1.807) is 23.1 Å². The first kappa shape index (κ1) is 15.3. The Morgan fingerprint density at radius 1 is 1.17 bits per heavy atom. The average Bonchev–Trinajstić information content (AvgIpc) is 3.19. The SMILES string of the molecule is Cc1ccc2c(c1)C(=O)N(CC(=O)N1CC3CCC(N)C3C1)C2=O. The molecule has 6 heteroatoms. The number of fused-ring (bicyclic) bond motifs is 2. The van der Waals surface area contributed by atoms with Crippen LogP contribution >= 0.6 is 0 Å². The van der Waals surface area contributed by atoms with Gasteiger partial charge in [0, 0.05) is 19.1 Å². The quantitative estimate of drug-likeness (QED) is 0.814. The smallest absolute Gasteiger partial charge is 0.262 e. The highest BCUT2D eigenvalue weighted by Crippen LogP contribution is 2.37. The molecule has 1 aromatic carbocycles. The normalized spacial score (nSPS) is 28.5. The first-order valence-corrected chi connectivity index (χ1v) is 8.46. The summed E-state index contributed by atoms with van der Waals surface area (Å²) >= 11 is 0. The predicted molar refractivity (Wildman–Crippen MR) is 87.3 cm³/mol. The van der Waals surface area contributed by atoms with E-state index in [1.807, 2.05) is 6.92 Å². The average molecular weight is 327 g/mol. The minimum absolute atomic E-state index is 0.162. The summed E-state index contributed by atoms with van der Waals surface area (Å²) in [7, 11) is 0. The molecule has 1 saturated carbocycles. The third-order valence-electron chi connectivity index (χ3n) is 5.68. The van der Waals surface area contributed by atoms with Crippen molar-refractivity contribution in [1.29, 1.82) is 0 Å². The lowest BCUT2D eigenvalue weighted by molar-refractivity contribution is -0.130. The lowest BCUT2D eigenvalue weighted by Crippen LogP contribution is -2.42.